The van der Waals surface area contributed by atoms with Crippen LogP contribution in [0.15, 0.2) is 48.5 Å². The second-order valence-corrected chi connectivity index (χ2v) is 6.48. The summed E-state index contributed by atoms with van der Waals surface area (Å²) in [5.41, 5.74) is 3.19. The molecule has 1 atom stereocenters. The number of nitrogens with one attached hydrogen (secondary N) is 1. The lowest BCUT2D eigenvalue weighted by Gasteiger charge is -2.48. The number of hydrogen-bond donors (Lipinski definition) is 1. The highest BCUT2D eigenvalue weighted by Crippen LogP contribution is 2.46. The highest BCUT2D eigenvalue weighted by molar-refractivity contribution is 7.80. The van der Waals surface area contributed by atoms with Crippen LogP contribution < -0.4 is 5.32 Å². The lowest BCUT2D eigenvalue weighted by Crippen LogP contribution is -2.53. The van der Waals surface area contributed by atoms with E-state index in [2.05, 4.69) is 54.5 Å². The van der Waals surface area contributed by atoms with Crippen LogP contribution in [-0.4, -0.2) is 17.1 Å². The van der Waals surface area contributed by atoms with E-state index in [1.165, 1.54) is 11.1 Å². The van der Waals surface area contributed by atoms with Crippen LogP contribution in [0.2, 0.25) is 5.02 Å². The maximum Gasteiger partial charge on any atom is 0.174 e. The van der Waals surface area contributed by atoms with Crippen LogP contribution in [0, 0.1) is 0 Å². The predicted molar refractivity (Wildman–Crippen MR) is 97.6 cm³/mol. The molecule has 2 aromatic rings. The molecule has 22 heavy (non-hydrogen) atoms. The zero-order valence-electron chi connectivity index (χ0n) is 12.8. The number of fused-ring (bicyclic) bond motifs is 1. The monoisotopic (exact) mass is 330 g/mol. The quantitative estimate of drug-likeness (QED) is 0.795. The summed E-state index contributed by atoms with van der Waals surface area (Å²) in [5, 5.41) is 4.81. The minimum absolute atomic E-state index is 0.279. The van der Waals surface area contributed by atoms with Crippen LogP contribution in [-0.2, 0) is 5.54 Å². The van der Waals surface area contributed by atoms with E-state index in [-0.39, 0.29) is 5.54 Å². The van der Waals surface area contributed by atoms with Gasteiger partial charge < -0.3 is 10.2 Å². The van der Waals surface area contributed by atoms with Gasteiger partial charge in [0.05, 0.1) is 5.54 Å². The molecular weight excluding hydrogens is 312 g/mol. The summed E-state index contributed by atoms with van der Waals surface area (Å²) in [4.78, 5) is 2.17. The van der Waals surface area contributed by atoms with E-state index in [9.17, 15) is 0 Å². The summed E-state index contributed by atoms with van der Waals surface area (Å²) in [5.74, 6) is 0. The Labute approximate surface area is 142 Å². The molecule has 2 nitrogen and oxygen atoms in total. The maximum absolute atomic E-state index is 6.30. The van der Waals surface area contributed by atoms with Crippen molar-refractivity contribution in [2.75, 3.05) is 12.4 Å². The van der Waals surface area contributed by atoms with E-state index < -0.39 is 0 Å². The van der Waals surface area contributed by atoms with Crippen molar-refractivity contribution in [3.63, 3.8) is 0 Å². The Morgan fingerprint density at radius 1 is 1.18 bits per heavy atom. The minimum Gasteiger partial charge on any atom is -0.338 e. The molecule has 1 unspecified atom stereocenters. The molecule has 2 aromatic carbocycles. The fraction of sp³-hybridized carbons (Fsp3) is 0.278. The molecule has 1 aliphatic heterocycles. The number of thiocarbonyl (C=S) groups is 1. The maximum atomic E-state index is 6.30. The number of nitrogens with zero attached hydrogens (tertiary/aromatic N) is 1. The van der Waals surface area contributed by atoms with Crippen molar-refractivity contribution >= 4 is 34.6 Å². The Morgan fingerprint density at radius 3 is 2.59 bits per heavy atom. The van der Waals surface area contributed by atoms with E-state index in [1.807, 2.05) is 18.2 Å². The Morgan fingerprint density at radius 2 is 1.91 bits per heavy atom. The molecule has 1 heterocycles. The van der Waals surface area contributed by atoms with Gasteiger partial charge in [-0.25, -0.2) is 0 Å². The van der Waals surface area contributed by atoms with E-state index in [1.54, 1.807) is 0 Å². The molecular formula is C18H19ClN2S. The molecule has 0 radical (unpaired) electrons. The van der Waals surface area contributed by atoms with Gasteiger partial charge in [0, 0.05) is 23.3 Å². The summed E-state index contributed by atoms with van der Waals surface area (Å²) in [7, 11) is 2.06. The fourth-order valence-corrected chi connectivity index (χ4v) is 3.83. The van der Waals surface area contributed by atoms with E-state index in [0.29, 0.717) is 0 Å². The number of halogens is 1. The van der Waals surface area contributed by atoms with Crippen LogP contribution in [0.3, 0.4) is 0 Å². The molecule has 114 valence electrons. The molecule has 3 rings (SSSR count). The van der Waals surface area contributed by atoms with Gasteiger partial charge in [-0.3, -0.25) is 0 Å². The zero-order chi connectivity index (χ0) is 15.7. The molecule has 0 spiro atoms. The first kappa shape index (κ1) is 15.3. The average molecular weight is 331 g/mol. The number of rotatable bonds is 3. The smallest absolute Gasteiger partial charge is 0.174 e. The predicted octanol–water partition coefficient (Wildman–Crippen LogP) is 5.03. The van der Waals surface area contributed by atoms with Gasteiger partial charge in [0.1, 0.15) is 0 Å². The number of hydrogen-bond acceptors (Lipinski definition) is 1. The first-order valence-electron chi connectivity index (χ1n) is 7.50. The summed E-state index contributed by atoms with van der Waals surface area (Å²) in [6.45, 7) is 2.20. The van der Waals surface area contributed by atoms with Gasteiger partial charge in [-0.1, -0.05) is 55.3 Å². The average Bonchev–Trinajstić information content (AvgIpc) is 2.53. The Bertz CT molecular complexity index is 701. The summed E-state index contributed by atoms with van der Waals surface area (Å²) >= 11 is 11.9. The lowest BCUT2D eigenvalue weighted by atomic mass is 9.76. The Hall–Kier alpha value is -1.58. The summed E-state index contributed by atoms with van der Waals surface area (Å²) in [6.07, 6.45) is 2.02. The first-order valence-corrected chi connectivity index (χ1v) is 8.28. The SMILES string of the molecule is CCCC1(c2ccccc2)c2cc(Cl)ccc2NC(=S)N1C. The molecule has 0 saturated carbocycles. The van der Waals surface area contributed by atoms with E-state index in [0.717, 1.165) is 28.7 Å². The van der Waals surface area contributed by atoms with Crippen LogP contribution in [0.4, 0.5) is 5.69 Å². The second kappa shape index (κ2) is 5.90. The van der Waals surface area contributed by atoms with Crippen molar-refractivity contribution in [2.45, 2.75) is 25.3 Å². The molecule has 4 heteroatoms. The van der Waals surface area contributed by atoms with Gasteiger partial charge >= 0.3 is 0 Å². The zero-order valence-corrected chi connectivity index (χ0v) is 14.3. The Balaban J connectivity index is 2.32. The van der Waals surface area contributed by atoms with Gasteiger partial charge in [0.15, 0.2) is 5.11 Å². The molecule has 0 aliphatic carbocycles. The third kappa shape index (κ3) is 2.29. The third-order valence-corrected chi connectivity index (χ3v) is 5.02. The van der Waals surface area contributed by atoms with Gasteiger partial charge in [-0.15, -0.1) is 0 Å². The normalized spacial score (nSPS) is 20.5. The van der Waals surface area contributed by atoms with Crippen LogP contribution in [0.5, 0.6) is 0 Å². The van der Waals surface area contributed by atoms with Gasteiger partial charge in [0.2, 0.25) is 0 Å². The van der Waals surface area contributed by atoms with Crippen molar-refractivity contribution in [1.82, 2.24) is 4.90 Å². The standard InChI is InChI=1S/C18H19ClN2S/c1-3-11-18(13-7-5-4-6-8-13)15-12-14(19)9-10-16(15)20-17(22)21(18)2/h4-10,12H,3,11H2,1-2H3,(H,20,22). The van der Waals surface area contributed by atoms with Crippen molar-refractivity contribution < 1.29 is 0 Å². The van der Waals surface area contributed by atoms with Gasteiger partial charge in [0.25, 0.3) is 0 Å². The lowest BCUT2D eigenvalue weighted by molar-refractivity contribution is 0.239. The second-order valence-electron chi connectivity index (χ2n) is 5.66. The van der Waals surface area contributed by atoms with Crippen molar-refractivity contribution in [1.29, 1.82) is 0 Å². The topological polar surface area (TPSA) is 15.3 Å². The first-order chi connectivity index (χ1) is 10.6. The highest BCUT2D eigenvalue weighted by Gasteiger charge is 2.43. The highest BCUT2D eigenvalue weighted by atomic mass is 35.5. The van der Waals surface area contributed by atoms with Gasteiger partial charge in [-0.2, -0.15) is 0 Å². The fourth-order valence-electron chi connectivity index (χ4n) is 3.39. The molecule has 0 fully saturated rings. The molecule has 0 aromatic heterocycles. The summed E-state index contributed by atoms with van der Waals surface area (Å²) < 4.78 is 0. The van der Waals surface area contributed by atoms with Crippen LogP contribution in [0.1, 0.15) is 30.9 Å². The van der Waals surface area contributed by atoms with Gasteiger partial charge in [-0.05, 0) is 42.4 Å². The van der Waals surface area contributed by atoms with Crippen LogP contribution >= 0.6 is 23.8 Å². The van der Waals surface area contributed by atoms with Crippen molar-refractivity contribution in [2.24, 2.45) is 0 Å². The number of benzene rings is 2. The van der Waals surface area contributed by atoms with Crippen molar-refractivity contribution in [3.8, 4) is 0 Å². The minimum atomic E-state index is -0.279. The van der Waals surface area contributed by atoms with Crippen LogP contribution in [0.25, 0.3) is 0 Å². The van der Waals surface area contributed by atoms with E-state index in [4.69, 9.17) is 23.8 Å². The number of anilines is 1. The summed E-state index contributed by atoms with van der Waals surface area (Å²) in [6, 6.07) is 16.5. The van der Waals surface area contributed by atoms with Crippen molar-refractivity contribution in [3.05, 3.63) is 64.7 Å². The molecule has 0 amide bonds. The third-order valence-electron chi connectivity index (χ3n) is 4.41. The molecule has 0 bridgehead atoms. The molecule has 1 N–H and O–H groups in total. The Kier molecular flexibility index (Phi) is 4.11. The van der Waals surface area contributed by atoms with E-state index >= 15 is 0 Å². The molecule has 1 aliphatic rings. The largest absolute Gasteiger partial charge is 0.338 e. The molecule has 0 saturated heterocycles.